The van der Waals surface area contributed by atoms with Crippen LogP contribution in [0.25, 0.3) is 0 Å². The third kappa shape index (κ3) is 5.39. The molecule has 1 amide bonds. The summed E-state index contributed by atoms with van der Waals surface area (Å²) in [6, 6.07) is 10.2. The van der Waals surface area contributed by atoms with Crippen LogP contribution in [0.2, 0.25) is 0 Å². The van der Waals surface area contributed by atoms with E-state index in [2.05, 4.69) is 27.9 Å². The van der Waals surface area contributed by atoms with Crippen LogP contribution in [0.5, 0.6) is 0 Å². The zero-order valence-corrected chi connectivity index (χ0v) is 12.4. The first-order valence-corrected chi connectivity index (χ1v) is 7.30. The molecule has 0 aliphatic rings. The highest BCUT2D eigenvalue weighted by atomic mass is 16.1. The summed E-state index contributed by atoms with van der Waals surface area (Å²) in [7, 11) is 0. The Morgan fingerprint density at radius 2 is 2.05 bits per heavy atom. The van der Waals surface area contributed by atoms with Crippen LogP contribution in [0.3, 0.4) is 0 Å². The molecule has 5 nitrogen and oxygen atoms in total. The fraction of sp³-hybridized carbons (Fsp3) is 0.375. The number of benzene rings is 1. The molecule has 1 aromatic heterocycles. The molecule has 1 heterocycles. The van der Waals surface area contributed by atoms with Crippen molar-refractivity contribution < 1.29 is 4.79 Å². The van der Waals surface area contributed by atoms with Crippen molar-refractivity contribution in [2.75, 3.05) is 13.1 Å². The Morgan fingerprint density at radius 3 is 2.81 bits per heavy atom. The molecule has 112 valence electrons. The topological polar surface area (TPSA) is 59.0 Å². The van der Waals surface area contributed by atoms with Gasteiger partial charge in [0.1, 0.15) is 0 Å². The molecule has 2 aromatic rings. The molecule has 0 spiro atoms. The molecule has 0 radical (unpaired) electrons. The van der Waals surface area contributed by atoms with Crippen LogP contribution in [0, 0.1) is 0 Å². The van der Waals surface area contributed by atoms with Gasteiger partial charge >= 0.3 is 0 Å². The van der Waals surface area contributed by atoms with E-state index in [9.17, 15) is 4.79 Å². The summed E-state index contributed by atoms with van der Waals surface area (Å²) in [4.78, 5) is 11.3. The number of rotatable bonds is 8. The van der Waals surface area contributed by atoms with Gasteiger partial charge in [0.25, 0.3) is 0 Å². The number of aromatic nitrogens is 2. The predicted octanol–water partition coefficient (Wildman–Crippen LogP) is 1.55. The fourth-order valence-electron chi connectivity index (χ4n) is 2.07. The van der Waals surface area contributed by atoms with Gasteiger partial charge in [0.05, 0.1) is 12.7 Å². The van der Waals surface area contributed by atoms with Gasteiger partial charge in [-0.25, -0.2) is 0 Å². The van der Waals surface area contributed by atoms with Crippen molar-refractivity contribution in [3.63, 3.8) is 0 Å². The van der Waals surface area contributed by atoms with Gasteiger partial charge in [-0.15, -0.1) is 0 Å². The molecule has 21 heavy (non-hydrogen) atoms. The molecule has 0 fully saturated rings. The van der Waals surface area contributed by atoms with E-state index in [0.29, 0.717) is 19.5 Å². The highest BCUT2D eigenvalue weighted by Gasteiger charge is 2.01. The average Bonchev–Trinajstić information content (AvgIpc) is 2.92. The molecular weight excluding hydrogens is 264 g/mol. The molecule has 0 aliphatic heterocycles. The Labute approximate surface area is 125 Å². The molecule has 2 N–H and O–H groups in total. The van der Waals surface area contributed by atoms with Crippen LogP contribution < -0.4 is 10.6 Å². The highest BCUT2D eigenvalue weighted by Crippen LogP contribution is 2.03. The third-order valence-corrected chi connectivity index (χ3v) is 3.11. The molecule has 0 bridgehead atoms. The fourth-order valence-corrected chi connectivity index (χ4v) is 2.07. The smallest absolute Gasteiger partial charge is 0.221 e. The molecule has 2 rings (SSSR count). The van der Waals surface area contributed by atoms with Gasteiger partial charge in [-0.2, -0.15) is 5.10 Å². The first-order chi connectivity index (χ1) is 10.3. The van der Waals surface area contributed by atoms with Crippen LogP contribution in [-0.2, 0) is 17.9 Å². The largest absolute Gasteiger partial charge is 0.356 e. The minimum Gasteiger partial charge on any atom is -0.356 e. The lowest BCUT2D eigenvalue weighted by atomic mass is 10.2. The Bertz CT molecular complexity index is 550. The van der Waals surface area contributed by atoms with E-state index in [1.807, 2.05) is 42.2 Å². The maximum absolute atomic E-state index is 11.3. The number of amides is 1. The third-order valence-electron chi connectivity index (χ3n) is 3.11. The van der Waals surface area contributed by atoms with Gasteiger partial charge < -0.3 is 10.6 Å². The Balaban J connectivity index is 1.72. The lowest BCUT2D eigenvalue weighted by Gasteiger charge is -2.03. The first kappa shape index (κ1) is 15.3. The second-order valence-corrected chi connectivity index (χ2v) is 4.91. The lowest BCUT2D eigenvalue weighted by molar-refractivity contribution is -0.120. The Morgan fingerprint density at radius 1 is 1.24 bits per heavy atom. The van der Waals surface area contributed by atoms with Crippen LogP contribution in [0.1, 0.15) is 24.5 Å². The van der Waals surface area contributed by atoms with E-state index < -0.39 is 0 Å². The van der Waals surface area contributed by atoms with E-state index in [0.717, 1.165) is 18.7 Å². The number of nitrogens with zero attached hydrogens (tertiary/aromatic N) is 2. The molecule has 1 aromatic carbocycles. The molecular formula is C16H22N4O. The van der Waals surface area contributed by atoms with E-state index in [-0.39, 0.29) is 5.91 Å². The maximum atomic E-state index is 11.3. The van der Waals surface area contributed by atoms with Crippen molar-refractivity contribution in [2.45, 2.75) is 26.4 Å². The van der Waals surface area contributed by atoms with Crippen molar-refractivity contribution in [3.05, 3.63) is 53.9 Å². The van der Waals surface area contributed by atoms with Crippen LogP contribution >= 0.6 is 0 Å². The average molecular weight is 286 g/mol. The van der Waals surface area contributed by atoms with Crippen LogP contribution in [0.4, 0.5) is 0 Å². The first-order valence-electron chi connectivity index (χ1n) is 7.30. The van der Waals surface area contributed by atoms with E-state index >= 15 is 0 Å². The van der Waals surface area contributed by atoms with Crippen molar-refractivity contribution in [1.29, 1.82) is 0 Å². The second-order valence-electron chi connectivity index (χ2n) is 4.91. The van der Waals surface area contributed by atoms with Crippen molar-refractivity contribution in [3.8, 4) is 0 Å². The molecule has 0 saturated heterocycles. The van der Waals surface area contributed by atoms with Crippen LogP contribution in [-0.4, -0.2) is 28.8 Å². The minimum atomic E-state index is 0.0878. The van der Waals surface area contributed by atoms with Gasteiger partial charge in [0.15, 0.2) is 0 Å². The zero-order valence-electron chi connectivity index (χ0n) is 12.4. The second kappa shape index (κ2) is 8.21. The standard InChI is InChI=1S/C16H22N4O/c1-2-18-16(21)8-9-17-10-15-11-19-20(13-15)12-14-6-4-3-5-7-14/h3-7,11,13,17H,2,8-10,12H2,1H3,(H,18,21). The minimum absolute atomic E-state index is 0.0878. The molecule has 0 atom stereocenters. The van der Waals surface area contributed by atoms with E-state index in [1.54, 1.807) is 0 Å². The van der Waals surface area contributed by atoms with Gasteiger partial charge in [-0.05, 0) is 12.5 Å². The van der Waals surface area contributed by atoms with Gasteiger partial charge in [-0.1, -0.05) is 30.3 Å². The summed E-state index contributed by atoms with van der Waals surface area (Å²) < 4.78 is 1.93. The summed E-state index contributed by atoms with van der Waals surface area (Å²) in [5, 5.41) is 10.4. The lowest BCUT2D eigenvalue weighted by Crippen LogP contribution is -2.27. The van der Waals surface area contributed by atoms with Crippen molar-refractivity contribution in [2.24, 2.45) is 0 Å². The Kier molecular flexibility index (Phi) is 5.97. The maximum Gasteiger partial charge on any atom is 0.221 e. The molecule has 5 heteroatoms. The Hall–Kier alpha value is -2.14. The molecule has 0 aliphatic carbocycles. The van der Waals surface area contributed by atoms with Crippen molar-refractivity contribution >= 4 is 5.91 Å². The predicted molar refractivity (Wildman–Crippen MR) is 82.8 cm³/mol. The normalized spacial score (nSPS) is 10.5. The number of carbonyl (C=O) groups excluding carboxylic acids is 1. The number of nitrogens with one attached hydrogen (secondary N) is 2. The van der Waals surface area contributed by atoms with Gasteiger partial charge in [0, 0.05) is 37.8 Å². The SMILES string of the molecule is CCNC(=O)CCNCc1cnn(Cc2ccccc2)c1. The van der Waals surface area contributed by atoms with E-state index in [1.165, 1.54) is 5.56 Å². The molecule has 0 unspecified atom stereocenters. The summed E-state index contributed by atoms with van der Waals surface area (Å²) in [6.45, 7) is 4.79. The summed E-state index contributed by atoms with van der Waals surface area (Å²) in [6.07, 6.45) is 4.40. The summed E-state index contributed by atoms with van der Waals surface area (Å²) in [5.41, 5.74) is 2.36. The monoisotopic (exact) mass is 286 g/mol. The number of carbonyl (C=O) groups is 1. The van der Waals surface area contributed by atoms with Gasteiger partial charge in [-0.3, -0.25) is 9.48 Å². The van der Waals surface area contributed by atoms with Crippen molar-refractivity contribution in [1.82, 2.24) is 20.4 Å². The zero-order chi connectivity index (χ0) is 14.9. The van der Waals surface area contributed by atoms with E-state index in [4.69, 9.17) is 0 Å². The van der Waals surface area contributed by atoms with Gasteiger partial charge in [0.2, 0.25) is 5.91 Å². The number of hydrogen-bond donors (Lipinski definition) is 2. The quantitative estimate of drug-likeness (QED) is 0.724. The summed E-state index contributed by atoms with van der Waals surface area (Å²) in [5.74, 6) is 0.0878. The number of hydrogen-bond acceptors (Lipinski definition) is 3. The molecule has 0 saturated carbocycles. The highest BCUT2D eigenvalue weighted by molar-refractivity contribution is 5.75. The summed E-state index contributed by atoms with van der Waals surface area (Å²) >= 11 is 0. The van der Waals surface area contributed by atoms with Crippen LogP contribution in [0.15, 0.2) is 42.7 Å².